The van der Waals surface area contributed by atoms with Crippen molar-refractivity contribution in [3.8, 4) is 5.75 Å². The fourth-order valence-electron chi connectivity index (χ4n) is 1.80. The van der Waals surface area contributed by atoms with Crippen molar-refractivity contribution in [2.24, 2.45) is 5.73 Å². The van der Waals surface area contributed by atoms with E-state index >= 15 is 0 Å². The van der Waals surface area contributed by atoms with E-state index in [2.05, 4.69) is 13.0 Å². The number of benzene rings is 1. The monoisotopic (exact) mass is 279 g/mol. The molecule has 1 aromatic rings. The number of ether oxygens (including phenoxy) is 1. The lowest BCUT2D eigenvalue weighted by Crippen LogP contribution is -2.13. The Morgan fingerprint density at radius 1 is 1.30 bits per heavy atom. The molecule has 0 aromatic heterocycles. The Kier molecular flexibility index (Phi) is 7.40. The molecular formula is C16H22FNO2. The molecule has 4 heteroatoms. The second-order valence-electron chi connectivity index (χ2n) is 4.64. The van der Waals surface area contributed by atoms with E-state index in [4.69, 9.17) is 10.5 Å². The van der Waals surface area contributed by atoms with Crippen LogP contribution in [-0.2, 0) is 0 Å². The summed E-state index contributed by atoms with van der Waals surface area (Å²) >= 11 is 0. The van der Waals surface area contributed by atoms with E-state index in [0.717, 1.165) is 6.42 Å². The van der Waals surface area contributed by atoms with Gasteiger partial charge in [-0.2, -0.15) is 0 Å². The maximum atomic E-state index is 13.2. The number of carbonyl (C=O) groups is 1. The van der Waals surface area contributed by atoms with Crippen molar-refractivity contribution in [2.45, 2.75) is 39.0 Å². The zero-order valence-electron chi connectivity index (χ0n) is 11.9. The molecule has 20 heavy (non-hydrogen) atoms. The molecule has 0 aliphatic rings. The summed E-state index contributed by atoms with van der Waals surface area (Å²) in [5, 5.41) is 0. The summed E-state index contributed by atoms with van der Waals surface area (Å²) in [6.07, 6.45) is 10.00. The molecule has 1 rings (SSSR count). The highest BCUT2D eigenvalue weighted by Crippen LogP contribution is 2.16. The van der Waals surface area contributed by atoms with Gasteiger partial charge in [0.2, 0.25) is 0 Å². The number of hydrogen-bond acceptors (Lipinski definition) is 2. The smallest absolute Gasteiger partial charge is 0.251 e. The van der Waals surface area contributed by atoms with Crippen LogP contribution in [0.5, 0.6) is 5.75 Å². The van der Waals surface area contributed by atoms with Crippen LogP contribution in [-0.4, -0.2) is 12.5 Å². The number of allylic oxidation sites excluding steroid dienone is 1. The van der Waals surface area contributed by atoms with Crippen LogP contribution < -0.4 is 10.5 Å². The first-order valence-corrected chi connectivity index (χ1v) is 7.02. The van der Waals surface area contributed by atoms with Crippen LogP contribution in [0.25, 0.3) is 0 Å². The number of carbonyl (C=O) groups excluding carboxylic acids is 1. The maximum Gasteiger partial charge on any atom is 0.251 e. The lowest BCUT2D eigenvalue weighted by molar-refractivity contribution is 0.0996. The predicted octanol–water partition coefficient (Wildman–Crippen LogP) is 3.83. The molecule has 0 unspecified atom stereocenters. The van der Waals surface area contributed by atoms with Gasteiger partial charge in [-0.3, -0.25) is 4.79 Å². The van der Waals surface area contributed by atoms with Crippen molar-refractivity contribution >= 4 is 5.91 Å². The van der Waals surface area contributed by atoms with E-state index < -0.39 is 11.7 Å². The maximum absolute atomic E-state index is 13.2. The molecule has 3 nitrogen and oxygen atoms in total. The average molecular weight is 279 g/mol. The summed E-state index contributed by atoms with van der Waals surface area (Å²) in [4.78, 5) is 11.0. The number of amides is 1. The summed E-state index contributed by atoms with van der Waals surface area (Å²) in [5.41, 5.74) is 4.92. The Balaban J connectivity index is 2.33. The summed E-state index contributed by atoms with van der Waals surface area (Å²) in [7, 11) is 0. The minimum atomic E-state index is -0.792. The quantitative estimate of drug-likeness (QED) is 0.551. The highest BCUT2D eigenvalue weighted by atomic mass is 19.1. The Hall–Kier alpha value is -1.84. The molecule has 0 radical (unpaired) electrons. The van der Waals surface area contributed by atoms with Gasteiger partial charge in [0.1, 0.15) is 18.2 Å². The van der Waals surface area contributed by atoms with Crippen LogP contribution >= 0.6 is 0 Å². The molecule has 2 N–H and O–H groups in total. The SMILES string of the molecule is CCCCCC/C=C/COc1ccc(F)c(C(N)=O)c1. The van der Waals surface area contributed by atoms with Gasteiger partial charge >= 0.3 is 0 Å². The molecule has 0 aliphatic carbocycles. The minimum absolute atomic E-state index is 0.147. The molecule has 1 aromatic carbocycles. The summed E-state index contributed by atoms with van der Waals surface area (Å²) in [6.45, 7) is 2.59. The van der Waals surface area contributed by atoms with Crippen molar-refractivity contribution in [1.29, 1.82) is 0 Å². The first kappa shape index (κ1) is 16.2. The highest BCUT2D eigenvalue weighted by Gasteiger charge is 2.09. The largest absolute Gasteiger partial charge is 0.490 e. The van der Waals surface area contributed by atoms with Crippen molar-refractivity contribution in [1.82, 2.24) is 0 Å². The van der Waals surface area contributed by atoms with Gasteiger partial charge in [-0.25, -0.2) is 4.39 Å². The second-order valence-corrected chi connectivity index (χ2v) is 4.64. The van der Waals surface area contributed by atoms with Gasteiger partial charge in [0, 0.05) is 0 Å². The van der Waals surface area contributed by atoms with Gasteiger partial charge in [0.15, 0.2) is 0 Å². The van der Waals surface area contributed by atoms with E-state index in [1.54, 1.807) is 0 Å². The van der Waals surface area contributed by atoms with E-state index in [1.165, 1.54) is 43.9 Å². The topological polar surface area (TPSA) is 52.3 Å². The van der Waals surface area contributed by atoms with Gasteiger partial charge in [-0.1, -0.05) is 38.3 Å². The standard InChI is InChI=1S/C16H22FNO2/c1-2-3-4-5-6-7-8-11-20-13-9-10-15(17)14(12-13)16(18)19/h7-10,12H,2-6,11H2,1H3,(H2,18,19)/b8-7+. The number of halogens is 1. The lowest BCUT2D eigenvalue weighted by atomic mass is 10.1. The zero-order chi connectivity index (χ0) is 14.8. The number of primary amides is 1. The molecule has 0 saturated heterocycles. The van der Waals surface area contributed by atoms with Crippen LogP contribution in [0.4, 0.5) is 4.39 Å². The molecule has 0 spiro atoms. The minimum Gasteiger partial charge on any atom is -0.490 e. The number of hydrogen-bond donors (Lipinski definition) is 1. The molecule has 0 heterocycles. The van der Waals surface area contributed by atoms with E-state index in [9.17, 15) is 9.18 Å². The van der Waals surface area contributed by atoms with Gasteiger partial charge < -0.3 is 10.5 Å². The third kappa shape index (κ3) is 5.87. The second kappa shape index (κ2) is 9.13. The number of nitrogens with two attached hydrogens (primary N) is 1. The number of unbranched alkanes of at least 4 members (excludes halogenated alkanes) is 4. The summed E-state index contributed by atoms with van der Waals surface area (Å²) < 4.78 is 18.7. The van der Waals surface area contributed by atoms with Gasteiger partial charge in [0.05, 0.1) is 5.56 Å². The third-order valence-corrected chi connectivity index (χ3v) is 2.94. The molecule has 0 bridgehead atoms. The fourth-order valence-corrected chi connectivity index (χ4v) is 1.80. The lowest BCUT2D eigenvalue weighted by Gasteiger charge is -2.05. The molecule has 0 atom stereocenters. The van der Waals surface area contributed by atoms with Crippen molar-refractivity contribution < 1.29 is 13.9 Å². The van der Waals surface area contributed by atoms with Crippen molar-refractivity contribution in [2.75, 3.05) is 6.61 Å². The Bertz CT molecular complexity index is 458. The molecular weight excluding hydrogens is 257 g/mol. The van der Waals surface area contributed by atoms with Gasteiger partial charge in [0.25, 0.3) is 5.91 Å². The van der Waals surface area contributed by atoms with E-state index in [-0.39, 0.29) is 5.56 Å². The number of rotatable bonds is 9. The van der Waals surface area contributed by atoms with Crippen LogP contribution in [0, 0.1) is 5.82 Å². The molecule has 0 saturated carbocycles. The fraction of sp³-hybridized carbons (Fsp3) is 0.438. The summed E-state index contributed by atoms with van der Waals surface area (Å²) in [6, 6.07) is 3.99. The third-order valence-electron chi connectivity index (χ3n) is 2.94. The Labute approximate surface area is 119 Å². The Morgan fingerprint density at radius 3 is 2.80 bits per heavy atom. The van der Waals surface area contributed by atoms with E-state index in [1.807, 2.05) is 6.08 Å². The molecule has 110 valence electrons. The van der Waals surface area contributed by atoms with Crippen LogP contribution in [0.3, 0.4) is 0 Å². The highest BCUT2D eigenvalue weighted by molar-refractivity contribution is 5.93. The normalized spacial score (nSPS) is 10.9. The first-order valence-electron chi connectivity index (χ1n) is 7.02. The molecule has 0 aliphatic heterocycles. The molecule has 1 amide bonds. The first-order chi connectivity index (χ1) is 9.65. The molecule has 0 fully saturated rings. The Morgan fingerprint density at radius 2 is 2.10 bits per heavy atom. The van der Waals surface area contributed by atoms with Crippen molar-refractivity contribution in [3.05, 3.63) is 41.7 Å². The van der Waals surface area contributed by atoms with Crippen molar-refractivity contribution in [3.63, 3.8) is 0 Å². The van der Waals surface area contributed by atoms with Gasteiger partial charge in [-0.15, -0.1) is 0 Å². The zero-order valence-corrected chi connectivity index (χ0v) is 11.9. The van der Waals surface area contributed by atoms with Gasteiger partial charge in [-0.05, 0) is 31.0 Å². The summed E-state index contributed by atoms with van der Waals surface area (Å²) in [5.74, 6) is -0.980. The average Bonchev–Trinajstić information content (AvgIpc) is 2.43. The van der Waals surface area contributed by atoms with Crippen LogP contribution in [0.1, 0.15) is 49.4 Å². The van der Waals surface area contributed by atoms with E-state index in [0.29, 0.717) is 12.4 Å². The van der Waals surface area contributed by atoms with Crippen LogP contribution in [0.15, 0.2) is 30.4 Å². The predicted molar refractivity (Wildman–Crippen MR) is 78.3 cm³/mol. The van der Waals surface area contributed by atoms with Crippen LogP contribution in [0.2, 0.25) is 0 Å².